The van der Waals surface area contributed by atoms with Gasteiger partial charge in [0.2, 0.25) is 0 Å². The van der Waals surface area contributed by atoms with Crippen LogP contribution in [0.1, 0.15) is 0 Å². The molecule has 0 spiro atoms. The van der Waals surface area contributed by atoms with Gasteiger partial charge in [0.05, 0.1) is 10.6 Å². The van der Waals surface area contributed by atoms with Crippen LogP contribution in [0.25, 0.3) is 0 Å². The predicted octanol–water partition coefficient (Wildman–Crippen LogP) is 3.04. The molecule has 11 nitrogen and oxygen atoms in total. The van der Waals surface area contributed by atoms with Gasteiger partial charge in [-0.3, -0.25) is 19.2 Å². The van der Waals surface area contributed by atoms with Crippen LogP contribution in [-0.2, 0) is 24.3 Å². The van der Waals surface area contributed by atoms with Gasteiger partial charge in [-0.15, -0.1) is 11.3 Å². The highest BCUT2D eigenvalue weighted by atomic mass is 32.2. The Bertz CT molecular complexity index is 1280. The molecule has 0 atom stereocenters. The zero-order valence-corrected chi connectivity index (χ0v) is 19.4. The van der Waals surface area contributed by atoms with Crippen molar-refractivity contribution in [2.24, 2.45) is 0 Å². The average molecular weight is 506 g/mol. The number of nitrogens with one attached hydrogen (secondary N) is 1. The molecule has 0 saturated heterocycles. The quantitative estimate of drug-likeness (QED) is 0.251. The van der Waals surface area contributed by atoms with Crippen LogP contribution in [0.3, 0.4) is 0 Å². The lowest BCUT2D eigenvalue weighted by Crippen LogP contribution is -2.25. The van der Waals surface area contributed by atoms with Crippen LogP contribution in [0.15, 0.2) is 70.3 Å². The summed E-state index contributed by atoms with van der Waals surface area (Å²) in [5, 5.41) is 15.0. The fraction of sp³-hybridized carbons (Fsp3) is 0.143. The van der Waals surface area contributed by atoms with E-state index in [0.29, 0.717) is 5.69 Å². The van der Waals surface area contributed by atoms with Gasteiger partial charge in [-0.1, -0.05) is 18.2 Å². The number of sulfonamides is 1. The van der Waals surface area contributed by atoms with E-state index in [-0.39, 0.29) is 21.3 Å². The predicted molar refractivity (Wildman–Crippen MR) is 125 cm³/mol. The van der Waals surface area contributed by atoms with E-state index in [1.54, 1.807) is 11.4 Å². The van der Waals surface area contributed by atoms with E-state index in [4.69, 9.17) is 9.47 Å². The van der Waals surface area contributed by atoms with Crippen LogP contribution in [0.4, 0.5) is 17.1 Å². The van der Waals surface area contributed by atoms with Crippen molar-refractivity contribution in [1.82, 2.24) is 0 Å². The highest BCUT2D eigenvalue weighted by Crippen LogP contribution is 2.26. The Kier molecular flexibility index (Phi) is 7.81. The van der Waals surface area contributed by atoms with Crippen molar-refractivity contribution in [3.63, 3.8) is 0 Å². The van der Waals surface area contributed by atoms with Gasteiger partial charge in [-0.05, 0) is 41.8 Å². The summed E-state index contributed by atoms with van der Waals surface area (Å²) in [5.74, 6) is -1.30. The minimum Gasteiger partial charge on any atom is -0.482 e. The Morgan fingerprint density at radius 3 is 2.41 bits per heavy atom. The molecule has 1 aromatic heterocycles. The Hall–Kier alpha value is -3.97. The van der Waals surface area contributed by atoms with Gasteiger partial charge < -0.3 is 14.8 Å². The van der Waals surface area contributed by atoms with E-state index in [2.05, 4.69) is 5.32 Å². The molecule has 34 heavy (non-hydrogen) atoms. The number of nitro groups is 1. The first-order valence-electron chi connectivity index (χ1n) is 9.62. The molecule has 1 heterocycles. The number of amides is 1. The lowest BCUT2D eigenvalue weighted by Gasteiger charge is -2.18. The summed E-state index contributed by atoms with van der Waals surface area (Å²) in [6, 6.07) is 14.7. The Morgan fingerprint density at radius 1 is 1.06 bits per heavy atom. The van der Waals surface area contributed by atoms with Crippen LogP contribution in [0, 0.1) is 10.1 Å². The highest BCUT2D eigenvalue weighted by Gasteiger charge is 2.22. The number of para-hydroxylation sites is 2. The number of benzene rings is 2. The SMILES string of the molecule is CN(c1ccc(OCC(=O)OCC(=O)Nc2ccccc2[N+](=O)[O-])cc1)S(=O)(=O)c1cccs1. The molecule has 1 amide bonds. The maximum absolute atomic E-state index is 12.6. The maximum atomic E-state index is 12.6. The first-order chi connectivity index (χ1) is 16.2. The summed E-state index contributed by atoms with van der Waals surface area (Å²) >= 11 is 1.11. The summed E-state index contributed by atoms with van der Waals surface area (Å²) in [4.78, 5) is 34.1. The first kappa shape index (κ1) is 24.7. The monoisotopic (exact) mass is 505 g/mol. The number of hydrogen-bond acceptors (Lipinski definition) is 9. The van der Waals surface area contributed by atoms with Gasteiger partial charge in [-0.2, -0.15) is 0 Å². The molecule has 13 heteroatoms. The number of nitrogens with zero attached hydrogens (tertiary/aromatic N) is 2. The van der Waals surface area contributed by atoms with Crippen LogP contribution in [0.5, 0.6) is 5.75 Å². The van der Waals surface area contributed by atoms with Crippen molar-refractivity contribution >= 4 is 50.3 Å². The van der Waals surface area contributed by atoms with Crippen molar-refractivity contribution in [2.75, 3.05) is 29.9 Å². The van der Waals surface area contributed by atoms with Crippen molar-refractivity contribution < 1.29 is 32.4 Å². The lowest BCUT2D eigenvalue weighted by molar-refractivity contribution is -0.383. The topological polar surface area (TPSA) is 145 Å². The van der Waals surface area contributed by atoms with Crippen molar-refractivity contribution in [3.05, 3.63) is 76.2 Å². The zero-order chi connectivity index (χ0) is 24.7. The van der Waals surface area contributed by atoms with Gasteiger partial charge in [0.15, 0.2) is 13.2 Å². The van der Waals surface area contributed by atoms with Gasteiger partial charge in [0, 0.05) is 13.1 Å². The molecule has 1 N–H and O–H groups in total. The van der Waals surface area contributed by atoms with Crippen LogP contribution in [0.2, 0.25) is 0 Å². The number of esters is 1. The summed E-state index contributed by atoms with van der Waals surface area (Å²) in [6.07, 6.45) is 0. The Morgan fingerprint density at radius 2 is 1.76 bits per heavy atom. The molecule has 0 radical (unpaired) electrons. The van der Waals surface area contributed by atoms with E-state index in [9.17, 15) is 28.1 Å². The number of carbonyl (C=O) groups excluding carboxylic acids is 2. The Balaban J connectivity index is 1.48. The normalized spacial score (nSPS) is 10.9. The van der Waals surface area contributed by atoms with E-state index in [1.165, 1.54) is 61.6 Å². The van der Waals surface area contributed by atoms with Crippen molar-refractivity contribution in [2.45, 2.75) is 4.21 Å². The second-order valence-corrected chi connectivity index (χ2v) is 9.81. The summed E-state index contributed by atoms with van der Waals surface area (Å²) < 4.78 is 36.6. The number of ether oxygens (including phenoxy) is 2. The van der Waals surface area contributed by atoms with E-state index in [0.717, 1.165) is 15.6 Å². The third-order valence-electron chi connectivity index (χ3n) is 4.41. The molecule has 3 aromatic rings. The van der Waals surface area contributed by atoms with Gasteiger partial charge in [0.25, 0.3) is 21.6 Å². The number of hydrogen-bond donors (Lipinski definition) is 1. The fourth-order valence-electron chi connectivity index (χ4n) is 2.69. The van der Waals surface area contributed by atoms with E-state index >= 15 is 0 Å². The molecule has 0 fully saturated rings. The standard InChI is InChI=1S/C21H19N3O8S2/c1-23(34(29,30)21-7-4-12-33-21)15-8-10-16(11-9-15)31-14-20(26)32-13-19(25)22-17-5-2-3-6-18(17)24(27)28/h2-12H,13-14H2,1H3,(H,22,25). The molecule has 3 rings (SSSR count). The summed E-state index contributed by atoms with van der Waals surface area (Å²) in [5.41, 5.74) is 0.0914. The third kappa shape index (κ3) is 6.08. The number of carbonyl (C=O) groups is 2. The van der Waals surface area contributed by atoms with Gasteiger partial charge in [-0.25, -0.2) is 13.2 Å². The summed E-state index contributed by atoms with van der Waals surface area (Å²) in [6.45, 7) is -1.15. The second kappa shape index (κ2) is 10.8. The molecular weight excluding hydrogens is 486 g/mol. The maximum Gasteiger partial charge on any atom is 0.344 e. The fourth-order valence-corrected chi connectivity index (χ4v) is 5.05. The van der Waals surface area contributed by atoms with Gasteiger partial charge in [0.1, 0.15) is 15.6 Å². The molecule has 2 aromatic carbocycles. The number of rotatable bonds is 10. The first-order valence-corrected chi connectivity index (χ1v) is 11.9. The van der Waals surface area contributed by atoms with E-state index in [1.807, 2.05) is 0 Å². The average Bonchev–Trinajstić information content (AvgIpc) is 3.37. The molecule has 0 aliphatic carbocycles. The lowest BCUT2D eigenvalue weighted by atomic mass is 10.2. The molecule has 0 saturated carbocycles. The van der Waals surface area contributed by atoms with Crippen LogP contribution < -0.4 is 14.4 Å². The molecule has 0 aliphatic rings. The zero-order valence-electron chi connectivity index (χ0n) is 17.7. The third-order valence-corrected chi connectivity index (χ3v) is 7.56. The largest absolute Gasteiger partial charge is 0.482 e. The molecular formula is C21H19N3O8S2. The molecule has 0 bridgehead atoms. The number of anilines is 2. The second-order valence-electron chi connectivity index (χ2n) is 6.67. The van der Waals surface area contributed by atoms with Crippen LogP contribution in [-0.4, -0.2) is 45.5 Å². The van der Waals surface area contributed by atoms with E-state index < -0.39 is 40.0 Å². The number of nitro benzene ring substituents is 1. The van der Waals surface area contributed by atoms with Crippen molar-refractivity contribution in [1.29, 1.82) is 0 Å². The molecule has 178 valence electrons. The number of thiophene rings is 1. The van der Waals surface area contributed by atoms with Crippen LogP contribution >= 0.6 is 11.3 Å². The summed E-state index contributed by atoms with van der Waals surface area (Å²) in [7, 11) is -2.24. The van der Waals surface area contributed by atoms with Gasteiger partial charge >= 0.3 is 5.97 Å². The van der Waals surface area contributed by atoms with Crippen molar-refractivity contribution in [3.8, 4) is 5.75 Å². The molecule has 0 aliphatic heterocycles. The highest BCUT2D eigenvalue weighted by molar-refractivity contribution is 7.94. The smallest absolute Gasteiger partial charge is 0.344 e. The minimum absolute atomic E-state index is 0.0176. The molecule has 0 unspecified atom stereocenters. The Labute approximate surface area is 198 Å². The minimum atomic E-state index is -3.67.